The molecule has 0 heterocycles. The number of aliphatic carboxylic acids is 1. The van der Waals surface area contributed by atoms with Crippen LogP contribution < -0.4 is 0 Å². The number of carboxylic acid groups (broad SMARTS) is 1. The highest BCUT2D eigenvalue weighted by molar-refractivity contribution is 8.00. The Labute approximate surface area is 92.3 Å². The summed E-state index contributed by atoms with van der Waals surface area (Å²) in [5, 5.41) is 9.30. The van der Waals surface area contributed by atoms with Gasteiger partial charge in [-0.05, 0) is 12.1 Å². The van der Waals surface area contributed by atoms with Crippen LogP contribution >= 0.6 is 23.4 Å². The molecule has 1 N–H and O–H groups in total. The van der Waals surface area contributed by atoms with Gasteiger partial charge in [0.25, 0.3) is 0 Å². The van der Waals surface area contributed by atoms with Crippen LogP contribution in [0.25, 0.3) is 0 Å². The molecule has 1 atom stereocenters. The van der Waals surface area contributed by atoms with E-state index in [0.29, 0.717) is 5.02 Å². The molecular formula is C10H11ClO2S. The number of carboxylic acids is 1. The second-order valence-corrected chi connectivity index (χ2v) is 4.84. The predicted octanol–water partition coefficient (Wildman–Crippen LogP) is 3.30. The van der Waals surface area contributed by atoms with Gasteiger partial charge in [-0.2, -0.15) is 0 Å². The lowest BCUT2D eigenvalue weighted by atomic mass is 10.3. The Morgan fingerprint density at radius 1 is 1.57 bits per heavy atom. The Bertz CT molecular complexity index is 328. The SMILES string of the molecule is CC(CC(=O)O)Sc1ccccc1Cl. The van der Waals surface area contributed by atoms with E-state index < -0.39 is 5.97 Å². The zero-order valence-corrected chi connectivity index (χ0v) is 9.31. The minimum absolute atomic E-state index is 0.0346. The van der Waals surface area contributed by atoms with Crippen LogP contribution in [-0.4, -0.2) is 16.3 Å². The lowest BCUT2D eigenvalue weighted by molar-refractivity contribution is -0.136. The Balaban J connectivity index is 2.60. The van der Waals surface area contributed by atoms with E-state index in [1.165, 1.54) is 11.8 Å². The lowest BCUT2D eigenvalue weighted by Gasteiger charge is -2.09. The maximum absolute atomic E-state index is 10.4. The van der Waals surface area contributed by atoms with Gasteiger partial charge in [0.15, 0.2) is 0 Å². The van der Waals surface area contributed by atoms with Gasteiger partial charge in [0.05, 0.1) is 11.4 Å². The van der Waals surface area contributed by atoms with Crippen LogP contribution in [0.1, 0.15) is 13.3 Å². The molecule has 0 radical (unpaired) electrons. The van der Waals surface area contributed by atoms with Gasteiger partial charge < -0.3 is 5.11 Å². The summed E-state index contributed by atoms with van der Waals surface area (Å²) in [6.07, 6.45) is 0.149. The topological polar surface area (TPSA) is 37.3 Å². The molecule has 0 saturated carbocycles. The first kappa shape index (κ1) is 11.4. The first-order valence-electron chi connectivity index (χ1n) is 4.22. The molecule has 0 aliphatic rings. The van der Waals surface area contributed by atoms with Crippen molar-refractivity contribution in [1.29, 1.82) is 0 Å². The smallest absolute Gasteiger partial charge is 0.304 e. The first-order valence-corrected chi connectivity index (χ1v) is 5.48. The van der Waals surface area contributed by atoms with Crippen molar-refractivity contribution in [3.63, 3.8) is 0 Å². The average Bonchev–Trinajstić information content (AvgIpc) is 2.07. The second kappa shape index (κ2) is 5.27. The van der Waals surface area contributed by atoms with Crippen LogP contribution in [-0.2, 0) is 4.79 Å². The van der Waals surface area contributed by atoms with Crippen LogP contribution in [0.4, 0.5) is 0 Å². The van der Waals surface area contributed by atoms with Crippen molar-refractivity contribution in [2.45, 2.75) is 23.5 Å². The number of carbonyl (C=O) groups is 1. The van der Waals surface area contributed by atoms with Crippen LogP contribution in [0.5, 0.6) is 0 Å². The number of hydrogen-bond acceptors (Lipinski definition) is 2. The van der Waals surface area contributed by atoms with E-state index in [0.717, 1.165) is 4.90 Å². The average molecular weight is 231 g/mol. The fraction of sp³-hybridized carbons (Fsp3) is 0.300. The lowest BCUT2D eigenvalue weighted by Crippen LogP contribution is -2.05. The van der Waals surface area contributed by atoms with Crippen LogP contribution in [0.15, 0.2) is 29.2 Å². The van der Waals surface area contributed by atoms with E-state index >= 15 is 0 Å². The van der Waals surface area contributed by atoms with E-state index in [9.17, 15) is 4.79 Å². The van der Waals surface area contributed by atoms with Crippen molar-refractivity contribution in [2.75, 3.05) is 0 Å². The van der Waals surface area contributed by atoms with Crippen molar-refractivity contribution in [3.05, 3.63) is 29.3 Å². The third-order valence-corrected chi connectivity index (χ3v) is 3.25. The molecule has 1 rings (SSSR count). The third kappa shape index (κ3) is 3.60. The molecule has 0 spiro atoms. The van der Waals surface area contributed by atoms with Gasteiger partial charge >= 0.3 is 5.97 Å². The minimum atomic E-state index is -0.781. The Morgan fingerprint density at radius 3 is 2.79 bits per heavy atom. The van der Waals surface area contributed by atoms with Gasteiger partial charge in [-0.25, -0.2) is 0 Å². The van der Waals surface area contributed by atoms with Gasteiger partial charge in [0.1, 0.15) is 0 Å². The Hall–Kier alpha value is -0.670. The Kier molecular flexibility index (Phi) is 4.29. The quantitative estimate of drug-likeness (QED) is 0.807. The normalized spacial score (nSPS) is 12.4. The first-order chi connectivity index (χ1) is 6.59. The Morgan fingerprint density at radius 2 is 2.21 bits per heavy atom. The van der Waals surface area contributed by atoms with Crippen LogP contribution in [0, 0.1) is 0 Å². The number of thioether (sulfide) groups is 1. The molecule has 0 bridgehead atoms. The second-order valence-electron chi connectivity index (χ2n) is 2.96. The predicted molar refractivity (Wildman–Crippen MR) is 59.0 cm³/mol. The van der Waals surface area contributed by atoms with Gasteiger partial charge in [-0.1, -0.05) is 30.7 Å². The fourth-order valence-corrected chi connectivity index (χ4v) is 2.31. The molecule has 0 aliphatic heterocycles. The largest absolute Gasteiger partial charge is 0.481 e. The zero-order chi connectivity index (χ0) is 10.6. The molecule has 0 saturated heterocycles. The number of rotatable bonds is 4. The van der Waals surface area contributed by atoms with E-state index in [1.807, 2.05) is 25.1 Å². The standard InChI is InChI=1S/C10H11ClO2S/c1-7(6-10(12)13)14-9-5-3-2-4-8(9)11/h2-5,7H,6H2,1H3,(H,12,13). The van der Waals surface area contributed by atoms with E-state index in [-0.39, 0.29) is 11.7 Å². The van der Waals surface area contributed by atoms with Crippen molar-refractivity contribution in [2.24, 2.45) is 0 Å². The van der Waals surface area contributed by atoms with Crippen molar-refractivity contribution >= 4 is 29.3 Å². The summed E-state index contributed by atoms with van der Waals surface area (Å²) in [4.78, 5) is 11.4. The molecule has 0 aromatic heterocycles. The van der Waals surface area contributed by atoms with Crippen LogP contribution in [0.3, 0.4) is 0 Å². The molecular weight excluding hydrogens is 220 g/mol. The maximum Gasteiger partial charge on any atom is 0.304 e. The van der Waals surface area contributed by atoms with E-state index in [4.69, 9.17) is 16.7 Å². The van der Waals surface area contributed by atoms with E-state index in [1.54, 1.807) is 6.07 Å². The summed E-state index contributed by atoms with van der Waals surface area (Å²) in [5.74, 6) is -0.781. The van der Waals surface area contributed by atoms with Crippen molar-refractivity contribution in [3.8, 4) is 0 Å². The molecule has 0 aliphatic carbocycles. The molecule has 4 heteroatoms. The molecule has 1 aromatic rings. The molecule has 1 unspecified atom stereocenters. The summed E-state index contributed by atoms with van der Waals surface area (Å²) >= 11 is 7.42. The molecule has 0 amide bonds. The monoisotopic (exact) mass is 230 g/mol. The van der Waals surface area contributed by atoms with Crippen molar-refractivity contribution in [1.82, 2.24) is 0 Å². The summed E-state index contributed by atoms with van der Waals surface area (Å²) in [5.41, 5.74) is 0. The fourth-order valence-electron chi connectivity index (χ4n) is 1.04. The highest BCUT2D eigenvalue weighted by Crippen LogP contribution is 2.30. The van der Waals surface area contributed by atoms with Gasteiger partial charge in [0, 0.05) is 10.1 Å². The molecule has 2 nitrogen and oxygen atoms in total. The number of halogens is 1. The van der Waals surface area contributed by atoms with Gasteiger partial charge in [0.2, 0.25) is 0 Å². The van der Waals surface area contributed by atoms with Gasteiger partial charge in [-0.15, -0.1) is 11.8 Å². The number of benzene rings is 1. The third-order valence-electron chi connectivity index (χ3n) is 1.63. The molecule has 14 heavy (non-hydrogen) atoms. The minimum Gasteiger partial charge on any atom is -0.481 e. The maximum atomic E-state index is 10.4. The summed E-state index contributed by atoms with van der Waals surface area (Å²) in [6, 6.07) is 7.44. The summed E-state index contributed by atoms with van der Waals surface area (Å²) < 4.78 is 0. The molecule has 0 fully saturated rings. The zero-order valence-electron chi connectivity index (χ0n) is 7.74. The number of hydrogen-bond donors (Lipinski definition) is 1. The van der Waals surface area contributed by atoms with Crippen molar-refractivity contribution < 1.29 is 9.90 Å². The van der Waals surface area contributed by atoms with Crippen LogP contribution in [0.2, 0.25) is 5.02 Å². The highest BCUT2D eigenvalue weighted by Gasteiger charge is 2.10. The molecule has 1 aromatic carbocycles. The summed E-state index contributed by atoms with van der Waals surface area (Å²) in [7, 11) is 0. The molecule has 76 valence electrons. The summed E-state index contributed by atoms with van der Waals surface area (Å²) in [6.45, 7) is 1.88. The van der Waals surface area contributed by atoms with E-state index in [2.05, 4.69) is 0 Å². The highest BCUT2D eigenvalue weighted by atomic mass is 35.5. The van der Waals surface area contributed by atoms with Gasteiger partial charge in [-0.3, -0.25) is 4.79 Å².